The number of amides is 1. The number of halogens is 2. The van der Waals surface area contributed by atoms with Crippen LogP contribution in [0.3, 0.4) is 0 Å². The predicted octanol–water partition coefficient (Wildman–Crippen LogP) is 3.00. The zero-order valence-corrected chi connectivity index (χ0v) is 18.1. The number of benzene rings is 1. The summed E-state index contributed by atoms with van der Waals surface area (Å²) < 4.78 is 19.8. The summed E-state index contributed by atoms with van der Waals surface area (Å²) in [6.07, 6.45) is 1.04. The summed E-state index contributed by atoms with van der Waals surface area (Å²) in [5.41, 5.74) is 8.92. The van der Waals surface area contributed by atoms with Gasteiger partial charge in [0, 0.05) is 23.8 Å². The summed E-state index contributed by atoms with van der Waals surface area (Å²) in [5.74, 6) is -0.201. The maximum Gasteiger partial charge on any atom is 0.258 e. The van der Waals surface area contributed by atoms with Crippen molar-refractivity contribution in [3.05, 3.63) is 57.5 Å². The van der Waals surface area contributed by atoms with E-state index in [0.29, 0.717) is 52.8 Å². The number of hydrogen-bond donors (Lipinski definition) is 2. The van der Waals surface area contributed by atoms with E-state index in [1.807, 2.05) is 0 Å². The van der Waals surface area contributed by atoms with Crippen molar-refractivity contribution < 1.29 is 19.0 Å². The molecule has 9 heteroatoms. The van der Waals surface area contributed by atoms with E-state index < -0.39 is 11.9 Å². The fraction of sp³-hybridized carbons (Fsp3) is 0.409. The lowest BCUT2D eigenvalue weighted by Crippen LogP contribution is -2.31. The van der Waals surface area contributed by atoms with Crippen LogP contribution in [0.4, 0.5) is 4.39 Å². The minimum atomic E-state index is -0.495. The van der Waals surface area contributed by atoms with Crippen LogP contribution in [0.15, 0.2) is 23.9 Å². The van der Waals surface area contributed by atoms with Crippen LogP contribution < -0.4 is 10.5 Å². The van der Waals surface area contributed by atoms with Crippen molar-refractivity contribution in [1.82, 2.24) is 14.9 Å². The number of ether oxygens (including phenoxy) is 1. The molecule has 7 nitrogen and oxygen atoms in total. The molecular formula is C22H24ClFN4O3. The zero-order chi connectivity index (χ0) is 22.3. The number of carbonyl (C=O) groups is 1. The first-order valence-corrected chi connectivity index (χ1v) is 10.5. The number of nitrogens with zero attached hydrogens (tertiary/aromatic N) is 3. The normalized spacial score (nSPS) is 21.1. The molecule has 2 atom stereocenters. The number of hydrogen-bond acceptors (Lipinski definition) is 6. The molecule has 0 unspecified atom stereocenters. The van der Waals surface area contributed by atoms with Gasteiger partial charge >= 0.3 is 0 Å². The molecule has 164 valence electrons. The fourth-order valence-corrected chi connectivity index (χ4v) is 4.07. The molecule has 3 N–H and O–H groups in total. The summed E-state index contributed by atoms with van der Waals surface area (Å²) in [4.78, 5) is 23.7. The van der Waals surface area contributed by atoms with Gasteiger partial charge in [0.15, 0.2) is 5.82 Å². The molecule has 1 amide bonds. The van der Waals surface area contributed by atoms with Crippen molar-refractivity contribution in [2.75, 3.05) is 13.1 Å². The Morgan fingerprint density at radius 3 is 2.61 bits per heavy atom. The third-order valence-electron chi connectivity index (χ3n) is 5.66. The van der Waals surface area contributed by atoms with Crippen LogP contribution in [-0.2, 0) is 0 Å². The van der Waals surface area contributed by atoms with Crippen LogP contribution in [0.2, 0.25) is 5.02 Å². The SMILES string of the molecule is Cc1nc(C2=C(N)CN(C(=O)c3ccc(F)cc3O[C@@H]3CC[C@H](O)C3)C2)nc(C)c1Cl. The minimum absolute atomic E-state index is 0.172. The van der Waals surface area contributed by atoms with Crippen molar-refractivity contribution in [2.45, 2.75) is 45.3 Å². The number of aliphatic hydroxyl groups is 1. The summed E-state index contributed by atoms with van der Waals surface area (Å²) >= 11 is 6.16. The van der Waals surface area contributed by atoms with Gasteiger partial charge < -0.3 is 20.5 Å². The second kappa shape index (κ2) is 8.43. The van der Waals surface area contributed by atoms with Crippen molar-refractivity contribution in [3.8, 4) is 5.75 Å². The molecule has 31 heavy (non-hydrogen) atoms. The number of rotatable bonds is 4. The molecule has 1 aliphatic heterocycles. The first kappa shape index (κ1) is 21.5. The standard InChI is InChI=1S/C22H24ClFN4O3/c1-11-20(23)12(2)27-21(26-11)17-9-28(10-18(17)25)22(30)16-6-3-13(24)7-19(16)31-15-5-4-14(29)8-15/h3,6-7,14-15,29H,4-5,8-10,25H2,1-2H3/t14-,15+/m0/s1. The monoisotopic (exact) mass is 446 g/mol. The Morgan fingerprint density at radius 2 is 1.97 bits per heavy atom. The molecule has 0 saturated heterocycles. The predicted molar refractivity (Wildman–Crippen MR) is 114 cm³/mol. The topological polar surface area (TPSA) is 102 Å². The maximum absolute atomic E-state index is 13.9. The molecule has 1 saturated carbocycles. The highest BCUT2D eigenvalue weighted by Crippen LogP contribution is 2.31. The van der Waals surface area contributed by atoms with Crippen LogP contribution in [0.1, 0.15) is 46.8 Å². The maximum atomic E-state index is 13.9. The quantitative estimate of drug-likeness (QED) is 0.748. The lowest BCUT2D eigenvalue weighted by molar-refractivity contribution is 0.0790. The van der Waals surface area contributed by atoms with Crippen LogP contribution in [-0.4, -0.2) is 51.2 Å². The second-order valence-electron chi connectivity index (χ2n) is 8.04. The van der Waals surface area contributed by atoms with E-state index in [0.717, 1.165) is 0 Å². The van der Waals surface area contributed by atoms with Gasteiger partial charge in [-0.3, -0.25) is 4.79 Å². The summed E-state index contributed by atoms with van der Waals surface area (Å²) in [6, 6.07) is 3.85. The molecule has 4 rings (SSSR count). The second-order valence-corrected chi connectivity index (χ2v) is 8.42. The molecule has 2 aromatic rings. The van der Waals surface area contributed by atoms with Gasteiger partial charge in [-0.25, -0.2) is 14.4 Å². The number of nitrogens with two attached hydrogens (primary N) is 1. The van der Waals surface area contributed by atoms with E-state index in [1.54, 1.807) is 18.7 Å². The summed E-state index contributed by atoms with van der Waals surface area (Å²) in [5, 5.41) is 10.2. The summed E-state index contributed by atoms with van der Waals surface area (Å²) in [7, 11) is 0. The highest BCUT2D eigenvalue weighted by atomic mass is 35.5. The van der Waals surface area contributed by atoms with E-state index in [1.165, 1.54) is 18.2 Å². The Morgan fingerprint density at radius 1 is 1.26 bits per heavy atom. The first-order valence-electron chi connectivity index (χ1n) is 10.1. The number of carbonyl (C=O) groups excluding carboxylic acids is 1. The van der Waals surface area contributed by atoms with Gasteiger partial charge in [-0.15, -0.1) is 0 Å². The highest BCUT2D eigenvalue weighted by Gasteiger charge is 2.31. The Bertz CT molecular complexity index is 1050. The molecule has 0 radical (unpaired) electrons. The van der Waals surface area contributed by atoms with Gasteiger partial charge in [0.1, 0.15) is 17.7 Å². The molecule has 1 aromatic heterocycles. The van der Waals surface area contributed by atoms with E-state index in [9.17, 15) is 14.3 Å². The molecule has 1 aliphatic carbocycles. The Labute approximate surface area is 184 Å². The Kier molecular flexibility index (Phi) is 5.85. The third-order valence-corrected chi connectivity index (χ3v) is 6.21. The molecule has 0 bridgehead atoms. The molecule has 1 fully saturated rings. The third kappa shape index (κ3) is 4.36. The van der Waals surface area contributed by atoms with Gasteiger partial charge in [0.2, 0.25) is 0 Å². The average molecular weight is 447 g/mol. The van der Waals surface area contributed by atoms with Gasteiger partial charge in [0.05, 0.1) is 41.2 Å². The van der Waals surface area contributed by atoms with Crippen LogP contribution >= 0.6 is 11.6 Å². The zero-order valence-electron chi connectivity index (χ0n) is 17.4. The minimum Gasteiger partial charge on any atom is -0.489 e. The van der Waals surface area contributed by atoms with E-state index in [-0.39, 0.29) is 36.4 Å². The molecule has 0 spiro atoms. The largest absolute Gasteiger partial charge is 0.489 e. The van der Waals surface area contributed by atoms with Crippen LogP contribution in [0, 0.1) is 19.7 Å². The first-order chi connectivity index (χ1) is 14.7. The molecular weight excluding hydrogens is 423 g/mol. The van der Waals surface area contributed by atoms with Gasteiger partial charge in [-0.2, -0.15) is 0 Å². The number of aryl methyl sites for hydroxylation is 2. The van der Waals surface area contributed by atoms with E-state index in [2.05, 4.69) is 9.97 Å². The number of aromatic nitrogens is 2. The Hall–Kier alpha value is -2.71. The van der Waals surface area contributed by atoms with Gasteiger partial charge in [-0.05, 0) is 38.8 Å². The molecule has 2 heterocycles. The van der Waals surface area contributed by atoms with Crippen LogP contribution in [0.5, 0.6) is 5.75 Å². The van der Waals surface area contributed by atoms with E-state index in [4.69, 9.17) is 22.1 Å². The fourth-order valence-electron chi connectivity index (χ4n) is 3.99. The molecule has 1 aromatic carbocycles. The van der Waals surface area contributed by atoms with Crippen LogP contribution in [0.25, 0.3) is 5.57 Å². The van der Waals surface area contributed by atoms with Gasteiger partial charge in [0.25, 0.3) is 5.91 Å². The van der Waals surface area contributed by atoms with Crippen molar-refractivity contribution in [1.29, 1.82) is 0 Å². The van der Waals surface area contributed by atoms with Crippen molar-refractivity contribution in [2.24, 2.45) is 5.73 Å². The highest BCUT2D eigenvalue weighted by molar-refractivity contribution is 6.31. The van der Waals surface area contributed by atoms with E-state index >= 15 is 0 Å². The number of aliphatic hydroxyl groups excluding tert-OH is 1. The smallest absolute Gasteiger partial charge is 0.258 e. The average Bonchev–Trinajstić information content (AvgIpc) is 3.30. The van der Waals surface area contributed by atoms with Crippen molar-refractivity contribution >= 4 is 23.1 Å². The molecule has 2 aliphatic rings. The lowest BCUT2D eigenvalue weighted by atomic mass is 10.1. The summed E-state index contributed by atoms with van der Waals surface area (Å²) in [6.45, 7) is 4.01. The lowest BCUT2D eigenvalue weighted by Gasteiger charge is -2.21. The Balaban J connectivity index is 1.56. The van der Waals surface area contributed by atoms with Gasteiger partial charge in [-0.1, -0.05) is 11.6 Å². The van der Waals surface area contributed by atoms with Crippen molar-refractivity contribution in [3.63, 3.8) is 0 Å².